The standard InChI is InChI=1S/C17H23N3O/c1-2-7-16(18)17(21)19-14-8-10-15(11-9-14)20-12-5-3-4-6-13-20/h1,8-11,16H,3-7,12-13,18H2,(H,19,21). The molecular formula is C17H23N3O. The van der Waals surface area contributed by atoms with Crippen LogP contribution in [0.3, 0.4) is 0 Å². The third-order valence-electron chi connectivity index (χ3n) is 3.78. The molecule has 1 heterocycles. The Balaban J connectivity index is 1.95. The second-order valence-electron chi connectivity index (χ2n) is 5.45. The van der Waals surface area contributed by atoms with E-state index in [1.165, 1.54) is 31.4 Å². The highest BCUT2D eigenvalue weighted by Gasteiger charge is 2.13. The van der Waals surface area contributed by atoms with Gasteiger partial charge in [0.05, 0.1) is 6.04 Å². The molecule has 0 saturated carbocycles. The number of anilines is 2. The first kappa shape index (κ1) is 15.4. The summed E-state index contributed by atoms with van der Waals surface area (Å²) in [5.74, 6) is 2.16. The number of hydrogen-bond acceptors (Lipinski definition) is 3. The Bertz CT molecular complexity index is 496. The number of rotatable bonds is 4. The molecule has 0 aliphatic carbocycles. The summed E-state index contributed by atoms with van der Waals surface area (Å²) in [5.41, 5.74) is 7.64. The number of nitrogens with one attached hydrogen (secondary N) is 1. The van der Waals surface area contributed by atoms with Crippen molar-refractivity contribution in [2.45, 2.75) is 38.1 Å². The number of benzene rings is 1. The van der Waals surface area contributed by atoms with Crippen molar-refractivity contribution >= 4 is 17.3 Å². The summed E-state index contributed by atoms with van der Waals surface area (Å²) in [6, 6.07) is 7.28. The molecule has 0 aromatic heterocycles. The summed E-state index contributed by atoms with van der Waals surface area (Å²) < 4.78 is 0. The highest BCUT2D eigenvalue weighted by molar-refractivity contribution is 5.95. The molecule has 1 aromatic carbocycles. The van der Waals surface area contributed by atoms with Gasteiger partial charge in [0.25, 0.3) is 0 Å². The predicted molar refractivity (Wildman–Crippen MR) is 87.2 cm³/mol. The lowest BCUT2D eigenvalue weighted by Crippen LogP contribution is -2.35. The van der Waals surface area contributed by atoms with Crippen LogP contribution in [-0.2, 0) is 4.79 Å². The Labute approximate surface area is 126 Å². The van der Waals surface area contributed by atoms with Crippen LogP contribution in [0.25, 0.3) is 0 Å². The lowest BCUT2D eigenvalue weighted by atomic mass is 10.2. The average Bonchev–Trinajstić information content (AvgIpc) is 2.77. The Morgan fingerprint density at radius 3 is 2.43 bits per heavy atom. The first-order chi connectivity index (χ1) is 10.2. The lowest BCUT2D eigenvalue weighted by molar-refractivity contribution is -0.117. The van der Waals surface area contributed by atoms with E-state index < -0.39 is 6.04 Å². The van der Waals surface area contributed by atoms with E-state index in [1.54, 1.807) is 0 Å². The minimum absolute atomic E-state index is 0.240. The van der Waals surface area contributed by atoms with Gasteiger partial charge in [0.2, 0.25) is 5.91 Å². The Kier molecular flexibility index (Phi) is 5.65. The maximum atomic E-state index is 11.8. The average molecular weight is 285 g/mol. The van der Waals surface area contributed by atoms with Gasteiger partial charge in [-0.1, -0.05) is 12.8 Å². The van der Waals surface area contributed by atoms with Gasteiger partial charge in [0, 0.05) is 30.9 Å². The van der Waals surface area contributed by atoms with E-state index in [4.69, 9.17) is 12.2 Å². The molecule has 21 heavy (non-hydrogen) atoms. The summed E-state index contributed by atoms with van der Waals surface area (Å²) in [5, 5.41) is 2.79. The second kappa shape index (κ2) is 7.70. The van der Waals surface area contributed by atoms with Crippen molar-refractivity contribution in [3.63, 3.8) is 0 Å². The first-order valence-corrected chi connectivity index (χ1v) is 7.55. The van der Waals surface area contributed by atoms with Gasteiger partial charge in [-0.2, -0.15) is 0 Å². The molecule has 1 saturated heterocycles. The summed E-state index contributed by atoms with van der Waals surface area (Å²) in [4.78, 5) is 14.2. The molecule has 1 unspecified atom stereocenters. The van der Waals surface area contributed by atoms with Gasteiger partial charge in [0.1, 0.15) is 0 Å². The number of carbonyl (C=O) groups is 1. The summed E-state index contributed by atoms with van der Waals surface area (Å²) in [6.07, 6.45) is 10.5. The molecule has 0 spiro atoms. The van der Waals surface area contributed by atoms with Crippen LogP contribution in [0.1, 0.15) is 32.1 Å². The van der Waals surface area contributed by atoms with Crippen LogP contribution >= 0.6 is 0 Å². The van der Waals surface area contributed by atoms with E-state index in [0.29, 0.717) is 0 Å². The summed E-state index contributed by atoms with van der Waals surface area (Å²) in [6.45, 7) is 2.22. The van der Waals surface area contributed by atoms with Crippen molar-refractivity contribution in [3.05, 3.63) is 24.3 Å². The van der Waals surface area contributed by atoms with Gasteiger partial charge in [-0.25, -0.2) is 0 Å². The van der Waals surface area contributed by atoms with E-state index >= 15 is 0 Å². The van der Waals surface area contributed by atoms with Crippen LogP contribution in [0.4, 0.5) is 11.4 Å². The largest absolute Gasteiger partial charge is 0.372 e. The van der Waals surface area contributed by atoms with E-state index in [1.807, 2.05) is 24.3 Å². The van der Waals surface area contributed by atoms with Gasteiger partial charge < -0.3 is 16.0 Å². The van der Waals surface area contributed by atoms with Gasteiger partial charge in [0.15, 0.2) is 0 Å². The zero-order valence-corrected chi connectivity index (χ0v) is 12.3. The van der Waals surface area contributed by atoms with Crippen LogP contribution in [0.5, 0.6) is 0 Å². The molecule has 4 nitrogen and oxygen atoms in total. The van der Waals surface area contributed by atoms with Gasteiger partial charge in [-0.15, -0.1) is 12.3 Å². The van der Waals surface area contributed by atoms with Gasteiger partial charge >= 0.3 is 0 Å². The molecule has 1 fully saturated rings. The molecule has 0 radical (unpaired) electrons. The van der Waals surface area contributed by atoms with Crippen LogP contribution < -0.4 is 16.0 Å². The van der Waals surface area contributed by atoms with Crippen molar-refractivity contribution in [3.8, 4) is 12.3 Å². The third-order valence-corrected chi connectivity index (χ3v) is 3.78. The van der Waals surface area contributed by atoms with Crippen molar-refractivity contribution in [1.82, 2.24) is 0 Å². The third kappa shape index (κ3) is 4.51. The van der Waals surface area contributed by atoms with Crippen molar-refractivity contribution < 1.29 is 4.79 Å². The van der Waals surface area contributed by atoms with E-state index in [9.17, 15) is 4.79 Å². The number of hydrogen-bond donors (Lipinski definition) is 2. The molecule has 1 aliphatic heterocycles. The van der Waals surface area contributed by atoms with Crippen LogP contribution in [0.15, 0.2) is 24.3 Å². The number of nitrogens with zero attached hydrogens (tertiary/aromatic N) is 1. The zero-order chi connectivity index (χ0) is 15.1. The number of amides is 1. The van der Waals surface area contributed by atoms with E-state index in [2.05, 4.69) is 16.1 Å². The molecule has 1 atom stereocenters. The molecule has 112 valence electrons. The molecule has 2 rings (SSSR count). The lowest BCUT2D eigenvalue weighted by Gasteiger charge is -2.23. The normalized spacial score (nSPS) is 16.7. The summed E-state index contributed by atoms with van der Waals surface area (Å²) >= 11 is 0. The smallest absolute Gasteiger partial charge is 0.242 e. The number of nitrogens with two attached hydrogens (primary N) is 1. The van der Waals surface area contributed by atoms with Crippen molar-refractivity contribution in [1.29, 1.82) is 0 Å². The number of carbonyl (C=O) groups excluding carboxylic acids is 1. The topological polar surface area (TPSA) is 58.4 Å². The molecule has 4 heteroatoms. The van der Waals surface area contributed by atoms with Crippen molar-refractivity contribution in [2.75, 3.05) is 23.3 Å². The Morgan fingerprint density at radius 2 is 1.86 bits per heavy atom. The van der Waals surface area contributed by atoms with Crippen LogP contribution in [0.2, 0.25) is 0 Å². The van der Waals surface area contributed by atoms with Crippen LogP contribution in [0, 0.1) is 12.3 Å². The summed E-state index contributed by atoms with van der Waals surface area (Å²) in [7, 11) is 0. The van der Waals surface area contributed by atoms with Gasteiger partial charge in [-0.05, 0) is 37.1 Å². The van der Waals surface area contributed by atoms with E-state index in [-0.39, 0.29) is 12.3 Å². The first-order valence-electron chi connectivity index (χ1n) is 7.55. The molecule has 1 amide bonds. The SMILES string of the molecule is C#CCC(N)C(=O)Nc1ccc(N2CCCCCC2)cc1. The fourth-order valence-corrected chi connectivity index (χ4v) is 2.54. The minimum Gasteiger partial charge on any atom is -0.372 e. The second-order valence-corrected chi connectivity index (χ2v) is 5.45. The fourth-order valence-electron chi connectivity index (χ4n) is 2.54. The maximum Gasteiger partial charge on any atom is 0.242 e. The highest BCUT2D eigenvalue weighted by atomic mass is 16.2. The molecule has 1 aliphatic rings. The molecule has 0 bridgehead atoms. The predicted octanol–water partition coefficient (Wildman–Crippen LogP) is 2.36. The monoisotopic (exact) mass is 285 g/mol. The molecule has 1 aromatic rings. The number of terminal acetylenes is 1. The van der Waals surface area contributed by atoms with Gasteiger partial charge in [-0.3, -0.25) is 4.79 Å². The quantitative estimate of drug-likeness (QED) is 0.835. The zero-order valence-electron chi connectivity index (χ0n) is 12.3. The molecular weight excluding hydrogens is 262 g/mol. The Hall–Kier alpha value is -1.99. The maximum absolute atomic E-state index is 11.8. The van der Waals surface area contributed by atoms with Crippen LogP contribution in [-0.4, -0.2) is 25.0 Å². The fraction of sp³-hybridized carbons (Fsp3) is 0.471. The highest BCUT2D eigenvalue weighted by Crippen LogP contribution is 2.21. The van der Waals surface area contributed by atoms with Crippen molar-refractivity contribution in [2.24, 2.45) is 5.73 Å². The minimum atomic E-state index is -0.653. The Morgan fingerprint density at radius 1 is 1.24 bits per heavy atom. The molecule has 3 N–H and O–H groups in total. The van der Waals surface area contributed by atoms with E-state index in [0.717, 1.165) is 18.8 Å².